The maximum absolute atomic E-state index is 10.9. The summed E-state index contributed by atoms with van der Waals surface area (Å²) in [5, 5.41) is 0. The van der Waals surface area contributed by atoms with Crippen LogP contribution in [0, 0.1) is 0 Å². The fourth-order valence-electron chi connectivity index (χ4n) is 2.31. The monoisotopic (exact) mass is 189 g/mol. The van der Waals surface area contributed by atoms with Crippen LogP contribution in [0.2, 0.25) is 0 Å². The number of benzene rings is 1. The molecule has 0 aromatic heterocycles. The van der Waals surface area contributed by atoms with Gasteiger partial charge < -0.3 is 5.73 Å². The van der Waals surface area contributed by atoms with Gasteiger partial charge in [-0.25, -0.2) is 0 Å². The van der Waals surface area contributed by atoms with Crippen LogP contribution in [-0.2, 0) is 11.2 Å². The summed E-state index contributed by atoms with van der Waals surface area (Å²) in [5.74, 6) is 0.171. The number of hydrogen-bond acceptors (Lipinski definition) is 1. The van der Waals surface area contributed by atoms with Crippen molar-refractivity contribution >= 4 is 5.91 Å². The van der Waals surface area contributed by atoms with E-state index >= 15 is 0 Å². The number of hydrogen-bond donors (Lipinski definition) is 1. The predicted octanol–water partition coefficient (Wildman–Crippen LogP) is 1.98. The van der Waals surface area contributed by atoms with Crippen LogP contribution in [-0.4, -0.2) is 5.91 Å². The van der Waals surface area contributed by atoms with Crippen molar-refractivity contribution in [2.45, 2.75) is 31.6 Å². The lowest BCUT2D eigenvalue weighted by molar-refractivity contribution is -0.118. The van der Waals surface area contributed by atoms with Gasteiger partial charge in [-0.2, -0.15) is 0 Å². The Morgan fingerprint density at radius 2 is 2.21 bits per heavy atom. The molecule has 0 saturated carbocycles. The SMILES string of the molecule is NC(=O)CC1CCCc2ccccc21. The molecule has 2 rings (SSSR count). The van der Waals surface area contributed by atoms with E-state index in [0.717, 1.165) is 12.8 Å². The molecule has 0 radical (unpaired) electrons. The molecule has 1 aliphatic carbocycles. The van der Waals surface area contributed by atoms with Crippen molar-refractivity contribution in [3.8, 4) is 0 Å². The molecule has 2 nitrogen and oxygen atoms in total. The van der Waals surface area contributed by atoms with Crippen LogP contribution < -0.4 is 5.73 Å². The Hall–Kier alpha value is -1.31. The summed E-state index contributed by atoms with van der Waals surface area (Å²) in [7, 11) is 0. The molecule has 74 valence electrons. The molecular weight excluding hydrogens is 174 g/mol. The largest absolute Gasteiger partial charge is 0.370 e. The van der Waals surface area contributed by atoms with Gasteiger partial charge in [0, 0.05) is 6.42 Å². The van der Waals surface area contributed by atoms with Crippen molar-refractivity contribution in [1.29, 1.82) is 0 Å². The Morgan fingerprint density at radius 1 is 1.43 bits per heavy atom. The van der Waals surface area contributed by atoms with Gasteiger partial charge in [-0.05, 0) is 36.3 Å². The molecule has 2 N–H and O–H groups in total. The Bertz CT molecular complexity index is 346. The number of fused-ring (bicyclic) bond motifs is 1. The van der Waals surface area contributed by atoms with Crippen LogP contribution in [0.5, 0.6) is 0 Å². The standard InChI is InChI=1S/C12H15NO/c13-12(14)8-10-6-3-5-9-4-1-2-7-11(9)10/h1-2,4,7,10H,3,5-6,8H2,(H2,13,14). The predicted molar refractivity (Wildman–Crippen MR) is 55.9 cm³/mol. The Balaban J connectivity index is 2.26. The average Bonchev–Trinajstić information content (AvgIpc) is 2.18. The minimum atomic E-state index is -0.188. The lowest BCUT2D eigenvalue weighted by Crippen LogP contribution is -2.18. The number of amides is 1. The Kier molecular flexibility index (Phi) is 2.53. The summed E-state index contributed by atoms with van der Waals surface area (Å²) in [6, 6.07) is 8.38. The third-order valence-corrected chi connectivity index (χ3v) is 2.94. The summed E-state index contributed by atoms with van der Waals surface area (Å²) in [6.45, 7) is 0. The molecule has 1 aromatic carbocycles. The molecule has 0 heterocycles. The third kappa shape index (κ3) is 1.79. The highest BCUT2D eigenvalue weighted by molar-refractivity contribution is 5.74. The maximum Gasteiger partial charge on any atom is 0.218 e. The molecule has 0 bridgehead atoms. The average molecular weight is 189 g/mol. The van der Waals surface area contributed by atoms with Crippen LogP contribution in [0.4, 0.5) is 0 Å². The second-order valence-electron chi connectivity index (χ2n) is 3.96. The molecule has 2 heteroatoms. The molecule has 0 aliphatic heterocycles. The van der Waals surface area contributed by atoms with E-state index in [1.165, 1.54) is 17.5 Å². The maximum atomic E-state index is 10.9. The van der Waals surface area contributed by atoms with E-state index < -0.39 is 0 Å². The Morgan fingerprint density at radius 3 is 3.00 bits per heavy atom. The summed E-state index contributed by atoms with van der Waals surface area (Å²) < 4.78 is 0. The van der Waals surface area contributed by atoms with Crippen molar-refractivity contribution < 1.29 is 4.79 Å². The van der Waals surface area contributed by atoms with Crippen molar-refractivity contribution in [3.05, 3.63) is 35.4 Å². The first-order valence-electron chi connectivity index (χ1n) is 5.13. The molecule has 1 atom stereocenters. The van der Waals surface area contributed by atoms with E-state index in [1.807, 2.05) is 6.07 Å². The van der Waals surface area contributed by atoms with Crippen molar-refractivity contribution in [2.24, 2.45) is 5.73 Å². The molecule has 1 amide bonds. The van der Waals surface area contributed by atoms with E-state index in [1.54, 1.807) is 0 Å². The fourth-order valence-corrected chi connectivity index (χ4v) is 2.31. The lowest BCUT2D eigenvalue weighted by Gasteiger charge is -2.24. The highest BCUT2D eigenvalue weighted by Crippen LogP contribution is 2.33. The topological polar surface area (TPSA) is 43.1 Å². The van der Waals surface area contributed by atoms with Gasteiger partial charge in [-0.3, -0.25) is 4.79 Å². The first-order valence-corrected chi connectivity index (χ1v) is 5.13. The summed E-state index contributed by atoms with van der Waals surface area (Å²) in [6.07, 6.45) is 3.91. The molecule has 0 fully saturated rings. The van der Waals surface area contributed by atoms with Crippen LogP contribution >= 0.6 is 0 Å². The number of primary amides is 1. The van der Waals surface area contributed by atoms with Crippen molar-refractivity contribution in [2.75, 3.05) is 0 Å². The van der Waals surface area contributed by atoms with Gasteiger partial charge in [-0.1, -0.05) is 24.3 Å². The van der Waals surface area contributed by atoms with Crippen molar-refractivity contribution in [3.63, 3.8) is 0 Å². The zero-order valence-corrected chi connectivity index (χ0v) is 8.20. The van der Waals surface area contributed by atoms with Gasteiger partial charge in [0.2, 0.25) is 5.91 Å². The number of carbonyl (C=O) groups excluding carboxylic acids is 1. The minimum absolute atomic E-state index is 0.188. The van der Waals surface area contributed by atoms with Gasteiger partial charge in [0.25, 0.3) is 0 Å². The summed E-state index contributed by atoms with van der Waals surface area (Å²) >= 11 is 0. The smallest absolute Gasteiger partial charge is 0.218 e. The Labute approximate surface area is 84.1 Å². The summed E-state index contributed by atoms with van der Waals surface area (Å²) in [4.78, 5) is 10.9. The normalized spacial score (nSPS) is 20.1. The van der Waals surface area contributed by atoms with E-state index in [9.17, 15) is 4.79 Å². The van der Waals surface area contributed by atoms with E-state index in [2.05, 4.69) is 18.2 Å². The molecule has 14 heavy (non-hydrogen) atoms. The first-order chi connectivity index (χ1) is 6.77. The fraction of sp³-hybridized carbons (Fsp3) is 0.417. The van der Waals surface area contributed by atoms with E-state index in [0.29, 0.717) is 12.3 Å². The second-order valence-corrected chi connectivity index (χ2v) is 3.96. The number of rotatable bonds is 2. The zero-order chi connectivity index (χ0) is 9.97. The van der Waals surface area contributed by atoms with Crippen LogP contribution in [0.15, 0.2) is 24.3 Å². The first kappa shape index (κ1) is 9.25. The lowest BCUT2D eigenvalue weighted by atomic mass is 9.81. The molecule has 1 unspecified atom stereocenters. The van der Waals surface area contributed by atoms with E-state index in [4.69, 9.17) is 5.73 Å². The highest BCUT2D eigenvalue weighted by Gasteiger charge is 2.20. The number of aryl methyl sites for hydroxylation is 1. The second kappa shape index (κ2) is 3.82. The highest BCUT2D eigenvalue weighted by atomic mass is 16.1. The third-order valence-electron chi connectivity index (χ3n) is 2.94. The number of nitrogens with two attached hydrogens (primary N) is 1. The van der Waals surface area contributed by atoms with E-state index in [-0.39, 0.29) is 5.91 Å². The number of carbonyl (C=O) groups is 1. The van der Waals surface area contributed by atoms with Crippen molar-refractivity contribution in [1.82, 2.24) is 0 Å². The molecule has 0 saturated heterocycles. The molecule has 0 spiro atoms. The van der Waals surface area contributed by atoms with Gasteiger partial charge in [0.15, 0.2) is 0 Å². The molecule has 1 aromatic rings. The van der Waals surface area contributed by atoms with Crippen LogP contribution in [0.3, 0.4) is 0 Å². The van der Waals surface area contributed by atoms with Gasteiger partial charge in [0.1, 0.15) is 0 Å². The van der Waals surface area contributed by atoms with Gasteiger partial charge in [0.05, 0.1) is 0 Å². The minimum Gasteiger partial charge on any atom is -0.370 e. The molecular formula is C12H15NO. The summed E-state index contributed by atoms with van der Waals surface area (Å²) in [5.41, 5.74) is 7.97. The van der Waals surface area contributed by atoms with Crippen LogP contribution in [0.25, 0.3) is 0 Å². The quantitative estimate of drug-likeness (QED) is 0.759. The zero-order valence-electron chi connectivity index (χ0n) is 8.20. The molecule has 1 aliphatic rings. The van der Waals surface area contributed by atoms with Crippen LogP contribution in [0.1, 0.15) is 36.3 Å². The van der Waals surface area contributed by atoms with Gasteiger partial charge in [-0.15, -0.1) is 0 Å². The van der Waals surface area contributed by atoms with Gasteiger partial charge >= 0.3 is 0 Å².